The van der Waals surface area contributed by atoms with Gasteiger partial charge < -0.3 is 4.40 Å². The van der Waals surface area contributed by atoms with Gasteiger partial charge in [-0.25, -0.2) is 4.39 Å². The molecule has 0 aliphatic carbocycles. The molecule has 0 amide bonds. The van der Waals surface area contributed by atoms with Crippen molar-refractivity contribution in [3.8, 4) is 22.5 Å². The van der Waals surface area contributed by atoms with Crippen molar-refractivity contribution in [2.45, 2.75) is 0 Å². The number of aromatic nitrogens is 2. The maximum Gasteiger partial charge on any atom is 0.123 e. The zero-order valence-corrected chi connectivity index (χ0v) is 11.8. The van der Waals surface area contributed by atoms with Crippen molar-refractivity contribution >= 4 is 5.52 Å². The number of hydrogen-bond donors (Lipinski definition) is 0. The third-order valence-corrected chi connectivity index (χ3v) is 3.75. The van der Waals surface area contributed by atoms with Crippen LogP contribution < -0.4 is 0 Å². The van der Waals surface area contributed by atoms with E-state index in [1.807, 2.05) is 54.9 Å². The summed E-state index contributed by atoms with van der Waals surface area (Å²) in [5, 5.41) is 0. The summed E-state index contributed by atoms with van der Waals surface area (Å²) in [6, 6.07) is 20.6. The highest BCUT2D eigenvalue weighted by molar-refractivity contribution is 5.69. The van der Waals surface area contributed by atoms with Crippen molar-refractivity contribution < 1.29 is 4.39 Å². The summed E-state index contributed by atoms with van der Waals surface area (Å²) in [5.74, 6) is -0.226. The highest BCUT2D eigenvalue weighted by Gasteiger charge is 2.07. The minimum Gasteiger partial charge on any atom is -0.313 e. The first-order chi connectivity index (χ1) is 10.8. The van der Waals surface area contributed by atoms with Gasteiger partial charge in [-0.1, -0.05) is 30.3 Å². The molecule has 3 heteroatoms. The summed E-state index contributed by atoms with van der Waals surface area (Å²) in [5.41, 5.74) is 5.00. The van der Waals surface area contributed by atoms with Crippen molar-refractivity contribution in [3.63, 3.8) is 0 Å². The second kappa shape index (κ2) is 5.11. The molecule has 2 aromatic carbocycles. The minimum atomic E-state index is -0.226. The monoisotopic (exact) mass is 288 g/mol. The van der Waals surface area contributed by atoms with Crippen LogP contribution in [0.5, 0.6) is 0 Å². The average molecular weight is 288 g/mol. The number of hydrogen-bond acceptors (Lipinski definition) is 1. The molecule has 0 atom stereocenters. The van der Waals surface area contributed by atoms with Gasteiger partial charge in [0.25, 0.3) is 0 Å². The van der Waals surface area contributed by atoms with Gasteiger partial charge in [-0.15, -0.1) is 0 Å². The first-order valence-corrected chi connectivity index (χ1v) is 7.10. The Morgan fingerprint density at radius 3 is 2.32 bits per heavy atom. The number of nitrogens with zero attached hydrogens (tertiary/aromatic N) is 2. The molecule has 0 radical (unpaired) electrons. The predicted octanol–water partition coefficient (Wildman–Crippen LogP) is 4.81. The van der Waals surface area contributed by atoms with Gasteiger partial charge in [0.15, 0.2) is 0 Å². The van der Waals surface area contributed by atoms with E-state index in [1.165, 1.54) is 12.1 Å². The molecule has 0 saturated carbocycles. The van der Waals surface area contributed by atoms with Crippen molar-refractivity contribution in [2.75, 3.05) is 0 Å². The average Bonchev–Trinajstić information content (AvgIpc) is 2.99. The second-order valence-corrected chi connectivity index (χ2v) is 5.16. The fraction of sp³-hybridized carbons (Fsp3) is 0. The van der Waals surface area contributed by atoms with Crippen molar-refractivity contribution in [2.24, 2.45) is 0 Å². The minimum absolute atomic E-state index is 0.226. The largest absolute Gasteiger partial charge is 0.313 e. The van der Waals surface area contributed by atoms with Gasteiger partial charge >= 0.3 is 0 Å². The second-order valence-electron chi connectivity index (χ2n) is 5.16. The smallest absolute Gasteiger partial charge is 0.123 e. The van der Waals surface area contributed by atoms with E-state index in [0.717, 1.165) is 28.0 Å². The standard InChI is InChI=1S/C19H13FN2/c20-16-8-6-15(7-9-16)19-11-10-17-12-21-18(13-22(17)19)14-4-2-1-3-5-14/h1-13H. The van der Waals surface area contributed by atoms with Crippen molar-refractivity contribution in [1.82, 2.24) is 9.38 Å². The molecule has 22 heavy (non-hydrogen) atoms. The molecular weight excluding hydrogens is 275 g/mol. The van der Waals surface area contributed by atoms with Crippen LogP contribution in [-0.4, -0.2) is 9.38 Å². The summed E-state index contributed by atoms with van der Waals surface area (Å²) >= 11 is 0. The normalized spacial score (nSPS) is 11.0. The molecule has 0 spiro atoms. The van der Waals surface area contributed by atoms with Crippen LogP contribution in [-0.2, 0) is 0 Å². The van der Waals surface area contributed by atoms with Crippen LogP contribution in [0.2, 0.25) is 0 Å². The van der Waals surface area contributed by atoms with Crippen LogP contribution in [0.15, 0.2) is 79.1 Å². The molecule has 0 saturated heterocycles. The lowest BCUT2D eigenvalue weighted by Crippen LogP contribution is -1.92. The molecule has 2 nitrogen and oxygen atoms in total. The van der Waals surface area contributed by atoms with Gasteiger partial charge in [-0.2, -0.15) is 0 Å². The Morgan fingerprint density at radius 2 is 1.55 bits per heavy atom. The zero-order chi connectivity index (χ0) is 14.9. The summed E-state index contributed by atoms with van der Waals surface area (Å²) in [6.07, 6.45) is 3.87. The Bertz CT molecular complexity index is 925. The van der Waals surface area contributed by atoms with Gasteiger partial charge in [0, 0.05) is 11.8 Å². The van der Waals surface area contributed by atoms with Gasteiger partial charge in [-0.3, -0.25) is 4.98 Å². The molecule has 4 aromatic rings. The van der Waals surface area contributed by atoms with E-state index in [4.69, 9.17) is 0 Å². The van der Waals surface area contributed by atoms with E-state index in [2.05, 4.69) is 9.38 Å². The zero-order valence-electron chi connectivity index (χ0n) is 11.8. The quantitative estimate of drug-likeness (QED) is 0.517. The molecule has 106 valence electrons. The maximum atomic E-state index is 13.1. The molecule has 0 fully saturated rings. The lowest BCUT2D eigenvalue weighted by atomic mass is 10.1. The number of rotatable bonds is 2. The van der Waals surface area contributed by atoms with E-state index in [-0.39, 0.29) is 5.82 Å². The Morgan fingerprint density at radius 1 is 0.773 bits per heavy atom. The lowest BCUT2D eigenvalue weighted by molar-refractivity contribution is 0.628. The van der Waals surface area contributed by atoms with E-state index in [0.29, 0.717) is 0 Å². The molecular formula is C19H13FN2. The van der Waals surface area contributed by atoms with Gasteiger partial charge in [-0.05, 0) is 42.0 Å². The van der Waals surface area contributed by atoms with Crippen LogP contribution >= 0.6 is 0 Å². The maximum absolute atomic E-state index is 13.1. The molecule has 0 aliphatic heterocycles. The Hall–Kier alpha value is -2.94. The lowest BCUT2D eigenvalue weighted by Gasteiger charge is -2.06. The molecule has 2 heterocycles. The molecule has 0 N–H and O–H groups in total. The van der Waals surface area contributed by atoms with E-state index >= 15 is 0 Å². The summed E-state index contributed by atoms with van der Waals surface area (Å²) in [4.78, 5) is 4.52. The SMILES string of the molecule is Fc1ccc(-c2ccc3cnc(-c4ccccc4)cn23)cc1. The third kappa shape index (κ3) is 2.17. The predicted molar refractivity (Wildman–Crippen MR) is 86.0 cm³/mol. The van der Waals surface area contributed by atoms with Crippen LogP contribution in [0.4, 0.5) is 4.39 Å². The van der Waals surface area contributed by atoms with Crippen LogP contribution in [0, 0.1) is 5.82 Å². The van der Waals surface area contributed by atoms with Crippen LogP contribution in [0.1, 0.15) is 0 Å². The Labute approximate surface area is 127 Å². The number of halogens is 1. The molecule has 0 aliphatic rings. The summed E-state index contributed by atoms with van der Waals surface area (Å²) < 4.78 is 15.2. The van der Waals surface area contributed by atoms with Gasteiger partial charge in [0.2, 0.25) is 0 Å². The Balaban J connectivity index is 1.88. The van der Waals surface area contributed by atoms with Crippen LogP contribution in [0.3, 0.4) is 0 Å². The molecule has 4 rings (SSSR count). The third-order valence-electron chi connectivity index (χ3n) is 3.75. The van der Waals surface area contributed by atoms with E-state index < -0.39 is 0 Å². The highest BCUT2D eigenvalue weighted by atomic mass is 19.1. The van der Waals surface area contributed by atoms with Crippen LogP contribution in [0.25, 0.3) is 28.0 Å². The summed E-state index contributed by atoms with van der Waals surface area (Å²) in [7, 11) is 0. The highest BCUT2D eigenvalue weighted by Crippen LogP contribution is 2.25. The fourth-order valence-corrected chi connectivity index (χ4v) is 2.62. The first-order valence-electron chi connectivity index (χ1n) is 7.10. The number of fused-ring (bicyclic) bond motifs is 1. The van der Waals surface area contributed by atoms with Crippen molar-refractivity contribution in [1.29, 1.82) is 0 Å². The molecule has 0 bridgehead atoms. The van der Waals surface area contributed by atoms with E-state index in [1.54, 1.807) is 12.1 Å². The Kier molecular flexibility index (Phi) is 2.97. The van der Waals surface area contributed by atoms with Gasteiger partial charge in [0.1, 0.15) is 5.82 Å². The molecule has 0 unspecified atom stereocenters. The first kappa shape index (κ1) is 12.8. The fourth-order valence-electron chi connectivity index (χ4n) is 2.62. The van der Waals surface area contributed by atoms with Crippen molar-refractivity contribution in [3.05, 3.63) is 84.9 Å². The number of benzene rings is 2. The summed E-state index contributed by atoms with van der Waals surface area (Å²) in [6.45, 7) is 0. The topological polar surface area (TPSA) is 17.3 Å². The van der Waals surface area contributed by atoms with Gasteiger partial charge in [0.05, 0.1) is 23.1 Å². The van der Waals surface area contributed by atoms with E-state index in [9.17, 15) is 4.39 Å². The molecule has 2 aromatic heterocycles.